The van der Waals surface area contributed by atoms with Gasteiger partial charge >= 0.3 is 0 Å². The second kappa shape index (κ2) is 7.10. The maximum absolute atomic E-state index is 12.5. The topological polar surface area (TPSA) is 41.6 Å². The van der Waals surface area contributed by atoms with Gasteiger partial charge in [-0.05, 0) is 51.6 Å². The molecule has 0 saturated carbocycles. The van der Waals surface area contributed by atoms with E-state index in [2.05, 4.69) is 17.1 Å². The fourth-order valence-corrected chi connectivity index (χ4v) is 2.95. The van der Waals surface area contributed by atoms with E-state index in [1.807, 2.05) is 0 Å². The number of hydrogen-bond donors (Lipinski definition) is 1. The van der Waals surface area contributed by atoms with Crippen molar-refractivity contribution in [2.75, 3.05) is 39.4 Å². The Morgan fingerprint density at radius 3 is 2.50 bits per heavy atom. The zero-order chi connectivity index (χ0) is 12.8. The number of nitrogens with zero attached hydrogens (tertiary/aromatic N) is 1. The first-order valence-corrected chi connectivity index (χ1v) is 7.38. The molecule has 0 bridgehead atoms. The molecule has 0 aliphatic carbocycles. The third-order valence-electron chi connectivity index (χ3n) is 4.20. The molecule has 0 aromatic carbocycles. The van der Waals surface area contributed by atoms with Gasteiger partial charge in [-0.15, -0.1) is 0 Å². The second-order valence-corrected chi connectivity index (χ2v) is 5.46. The summed E-state index contributed by atoms with van der Waals surface area (Å²) in [6, 6.07) is 0. The van der Waals surface area contributed by atoms with Crippen LogP contribution in [-0.4, -0.2) is 50.2 Å². The molecule has 2 aliphatic heterocycles. The van der Waals surface area contributed by atoms with Crippen molar-refractivity contribution in [3.05, 3.63) is 0 Å². The summed E-state index contributed by atoms with van der Waals surface area (Å²) in [4.78, 5) is 14.5. The molecule has 0 aromatic heterocycles. The zero-order valence-electron chi connectivity index (χ0n) is 11.5. The number of nitrogens with one attached hydrogen (secondary N) is 1. The molecule has 4 nitrogen and oxygen atoms in total. The van der Waals surface area contributed by atoms with E-state index in [-0.39, 0.29) is 5.92 Å². The highest BCUT2D eigenvalue weighted by Gasteiger charge is 2.27. The first-order chi connectivity index (χ1) is 8.81. The molecule has 104 valence electrons. The van der Waals surface area contributed by atoms with Gasteiger partial charge in [-0.1, -0.05) is 0 Å². The molecule has 2 aliphatic rings. The highest BCUT2D eigenvalue weighted by Crippen LogP contribution is 2.20. The van der Waals surface area contributed by atoms with Crippen LogP contribution in [0.1, 0.15) is 32.6 Å². The average molecular weight is 254 g/mol. The predicted molar refractivity (Wildman–Crippen MR) is 71.4 cm³/mol. The molecular formula is C14H26N2O2. The van der Waals surface area contributed by atoms with Gasteiger partial charge in [0.15, 0.2) is 0 Å². The number of rotatable bonds is 4. The Kier molecular flexibility index (Phi) is 5.45. The maximum Gasteiger partial charge on any atom is 0.225 e. The highest BCUT2D eigenvalue weighted by atomic mass is 16.5. The Labute approximate surface area is 110 Å². The van der Waals surface area contributed by atoms with Crippen LogP contribution in [0.4, 0.5) is 0 Å². The Morgan fingerprint density at radius 1 is 1.22 bits per heavy atom. The van der Waals surface area contributed by atoms with Crippen LogP contribution in [0.15, 0.2) is 0 Å². The van der Waals surface area contributed by atoms with Crippen LogP contribution < -0.4 is 5.32 Å². The van der Waals surface area contributed by atoms with Crippen LogP contribution in [0.25, 0.3) is 0 Å². The summed E-state index contributed by atoms with van der Waals surface area (Å²) in [5.74, 6) is 1.26. The van der Waals surface area contributed by atoms with E-state index in [9.17, 15) is 4.79 Å². The summed E-state index contributed by atoms with van der Waals surface area (Å²) in [6.45, 7) is 7.61. The Morgan fingerprint density at radius 2 is 1.89 bits per heavy atom. The molecule has 0 unspecified atom stereocenters. The van der Waals surface area contributed by atoms with E-state index in [1.165, 1.54) is 12.8 Å². The number of ether oxygens (including phenoxy) is 1. The summed E-state index contributed by atoms with van der Waals surface area (Å²) in [5.41, 5.74) is 0. The molecule has 1 N–H and O–H groups in total. The van der Waals surface area contributed by atoms with Crippen LogP contribution in [0.2, 0.25) is 0 Å². The minimum atomic E-state index is 0.209. The van der Waals surface area contributed by atoms with Crippen molar-refractivity contribution in [1.82, 2.24) is 10.2 Å². The number of carbonyl (C=O) groups is 1. The lowest BCUT2D eigenvalue weighted by molar-refractivity contribution is -0.139. The molecule has 0 radical (unpaired) electrons. The van der Waals surface area contributed by atoms with Crippen molar-refractivity contribution in [2.24, 2.45) is 11.8 Å². The van der Waals surface area contributed by atoms with Gasteiger partial charge in [-0.2, -0.15) is 0 Å². The third-order valence-corrected chi connectivity index (χ3v) is 4.20. The largest absolute Gasteiger partial charge is 0.381 e. The number of amides is 1. The fourth-order valence-electron chi connectivity index (χ4n) is 2.95. The number of hydrogen-bond acceptors (Lipinski definition) is 3. The molecule has 18 heavy (non-hydrogen) atoms. The lowest BCUT2D eigenvalue weighted by Gasteiger charge is -2.32. The number of carbonyl (C=O) groups excluding carboxylic acids is 1. The van der Waals surface area contributed by atoms with Crippen molar-refractivity contribution >= 4 is 5.91 Å². The van der Waals surface area contributed by atoms with E-state index < -0.39 is 0 Å². The predicted octanol–water partition coefficient (Wildman–Crippen LogP) is 1.26. The summed E-state index contributed by atoms with van der Waals surface area (Å²) >= 11 is 0. The van der Waals surface area contributed by atoms with E-state index in [4.69, 9.17) is 4.74 Å². The summed E-state index contributed by atoms with van der Waals surface area (Å²) in [5, 5.41) is 3.38. The summed E-state index contributed by atoms with van der Waals surface area (Å²) < 4.78 is 5.33. The van der Waals surface area contributed by atoms with Gasteiger partial charge in [-0.3, -0.25) is 4.79 Å². The summed E-state index contributed by atoms with van der Waals surface area (Å²) in [7, 11) is 0. The molecule has 4 heteroatoms. The maximum atomic E-state index is 12.5. The molecule has 0 aromatic rings. The van der Waals surface area contributed by atoms with Crippen molar-refractivity contribution in [3.63, 3.8) is 0 Å². The third kappa shape index (κ3) is 3.69. The Balaban J connectivity index is 1.84. The Bertz CT molecular complexity index is 259. The number of piperidine rings is 1. The van der Waals surface area contributed by atoms with Crippen molar-refractivity contribution in [2.45, 2.75) is 32.6 Å². The van der Waals surface area contributed by atoms with Gasteiger partial charge in [0, 0.05) is 32.2 Å². The first kappa shape index (κ1) is 13.8. The van der Waals surface area contributed by atoms with Crippen LogP contribution in [0.5, 0.6) is 0 Å². The van der Waals surface area contributed by atoms with E-state index in [0.29, 0.717) is 11.8 Å². The van der Waals surface area contributed by atoms with Crippen LogP contribution in [-0.2, 0) is 9.53 Å². The molecule has 2 rings (SSSR count). The summed E-state index contributed by atoms with van der Waals surface area (Å²) in [6.07, 6.45) is 4.22. The highest BCUT2D eigenvalue weighted by molar-refractivity contribution is 5.78. The van der Waals surface area contributed by atoms with Crippen molar-refractivity contribution in [1.29, 1.82) is 0 Å². The normalized spacial score (nSPS) is 22.9. The SMILES string of the molecule is CCN(CC1CCNCC1)C(=O)C1CCOCC1. The van der Waals surface area contributed by atoms with E-state index in [1.54, 1.807) is 0 Å². The van der Waals surface area contributed by atoms with Gasteiger partial charge < -0.3 is 15.0 Å². The zero-order valence-corrected chi connectivity index (χ0v) is 11.5. The van der Waals surface area contributed by atoms with Gasteiger partial charge in [0.05, 0.1) is 0 Å². The molecule has 2 fully saturated rings. The van der Waals surface area contributed by atoms with Gasteiger partial charge in [0.25, 0.3) is 0 Å². The minimum Gasteiger partial charge on any atom is -0.381 e. The van der Waals surface area contributed by atoms with Crippen molar-refractivity contribution < 1.29 is 9.53 Å². The van der Waals surface area contributed by atoms with Crippen LogP contribution in [0, 0.1) is 11.8 Å². The molecule has 2 heterocycles. The van der Waals surface area contributed by atoms with Gasteiger partial charge in [0.2, 0.25) is 5.91 Å². The van der Waals surface area contributed by atoms with E-state index in [0.717, 1.165) is 52.2 Å². The molecule has 1 amide bonds. The molecule has 2 saturated heterocycles. The second-order valence-electron chi connectivity index (χ2n) is 5.46. The van der Waals surface area contributed by atoms with Crippen molar-refractivity contribution in [3.8, 4) is 0 Å². The quantitative estimate of drug-likeness (QED) is 0.821. The molecule has 0 atom stereocenters. The van der Waals surface area contributed by atoms with Gasteiger partial charge in [0.1, 0.15) is 0 Å². The first-order valence-electron chi connectivity index (χ1n) is 7.38. The standard InChI is InChI=1S/C14H26N2O2/c1-2-16(11-12-3-7-15-8-4-12)14(17)13-5-9-18-10-6-13/h12-13,15H,2-11H2,1H3. The fraction of sp³-hybridized carbons (Fsp3) is 0.929. The van der Waals surface area contributed by atoms with Crippen LogP contribution >= 0.6 is 0 Å². The van der Waals surface area contributed by atoms with Crippen LogP contribution in [0.3, 0.4) is 0 Å². The molecular weight excluding hydrogens is 228 g/mol. The van der Waals surface area contributed by atoms with E-state index >= 15 is 0 Å². The lowest BCUT2D eigenvalue weighted by atomic mass is 9.95. The average Bonchev–Trinajstić information content (AvgIpc) is 2.46. The lowest BCUT2D eigenvalue weighted by Crippen LogP contribution is -2.43. The molecule has 0 spiro atoms. The monoisotopic (exact) mass is 254 g/mol. The Hall–Kier alpha value is -0.610. The smallest absolute Gasteiger partial charge is 0.225 e. The minimum absolute atomic E-state index is 0.209. The van der Waals surface area contributed by atoms with Gasteiger partial charge in [-0.25, -0.2) is 0 Å².